The van der Waals surface area contributed by atoms with Crippen molar-refractivity contribution in [3.05, 3.63) is 0 Å². The van der Waals surface area contributed by atoms with Gasteiger partial charge in [0.05, 0.1) is 30.8 Å². The van der Waals surface area contributed by atoms with Gasteiger partial charge in [-0.25, -0.2) is 0 Å². The van der Waals surface area contributed by atoms with E-state index in [0.29, 0.717) is 19.8 Å². The Morgan fingerprint density at radius 1 is 1.20 bits per heavy atom. The second-order valence-electron chi connectivity index (χ2n) is 4.63. The summed E-state index contributed by atoms with van der Waals surface area (Å²) < 4.78 is 10.7. The molecule has 0 rings (SSSR count). The summed E-state index contributed by atoms with van der Waals surface area (Å²) in [6.45, 7) is 9.94. The molecule has 88 valence electrons. The average Bonchev–Trinajstić information content (AvgIpc) is 2.16. The normalized spacial score (nSPS) is 11.7. The van der Waals surface area contributed by atoms with Gasteiger partial charge >= 0.3 is 0 Å². The van der Waals surface area contributed by atoms with Crippen molar-refractivity contribution in [3.8, 4) is 6.07 Å². The largest absolute Gasteiger partial charge is 0.379 e. The van der Waals surface area contributed by atoms with Crippen molar-refractivity contribution < 1.29 is 9.47 Å². The predicted molar refractivity (Wildman–Crippen MR) is 60.5 cm³/mol. The fourth-order valence-electron chi connectivity index (χ4n) is 1.12. The summed E-state index contributed by atoms with van der Waals surface area (Å²) in [5.74, 6) is 0. The summed E-state index contributed by atoms with van der Waals surface area (Å²) in [6.07, 6.45) is 2.09. The van der Waals surface area contributed by atoms with E-state index in [1.807, 2.05) is 27.7 Å². The third kappa shape index (κ3) is 9.71. The molecule has 0 saturated carbocycles. The molecule has 0 N–H and O–H groups in total. The van der Waals surface area contributed by atoms with E-state index in [0.717, 1.165) is 12.8 Å². The molecule has 0 bridgehead atoms. The molecular formula is C12H23NO2. The van der Waals surface area contributed by atoms with Crippen LogP contribution in [0.25, 0.3) is 0 Å². The zero-order valence-corrected chi connectivity index (χ0v) is 10.4. The maximum atomic E-state index is 8.79. The lowest BCUT2D eigenvalue weighted by atomic mass is 9.90. The van der Waals surface area contributed by atoms with Gasteiger partial charge in [-0.05, 0) is 40.5 Å². The van der Waals surface area contributed by atoms with E-state index in [-0.39, 0.29) is 11.5 Å². The third-order valence-corrected chi connectivity index (χ3v) is 2.07. The highest BCUT2D eigenvalue weighted by molar-refractivity contribution is 4.91. The van der Waals surface area contributed by atoms with E-state index in [2.05, 4.69) is 6.07 Å². The Morgan fingerprint density at radius 2 is 1.87 bits per heavy atom. The molecule has 0 aliphatic heterocycles. The first-order valence-electron chi connectivity index (χ1n) is 5.58. The number of rotatable bonds is 8. The quantitative estimate of drug-likeness (QED) is 0.582. The van der Waals surface area contributed by atoms with Crippen molar-refractivity contribution in [2.24, 2.45) is 5.41 Å². The van der Waals surface area contributed by atoms with Gasteiger partial charge in [-0.2, -0.15) is 5.26 Å². The first-order chi connectivity index (χ1) is 6.98. The molecule has 0 spiro atoms. The smallest absolute Gasteiger partial charge is 0.0703 e. The summed E-state index contributed by atoms with van der Waals surface area (Å²) in [5.41, 5.74) is -0.224. The molecule has 0 heterocycles. The fourth-order valence-corrected chi connectivity index (χ4v) is 1.12. The molecule has 0 saturated heterocycles. The van der Waals surface area contributed by atoms with Crippen molar-refractivity contribution in [2.75, 3.05) is 19.8 Å². The van der Waals surface area contributed by atoms with E-state index in [9.17, 15) is 0 Å². The van der Waals surface area contributed by atoms with Gasteiger partial charge in [-0.3, -0.25) is 0 Å². The predicted octanol–water partition coefficient (Wildman–Crippen LogP) is 2.76. The molecule has 15 heavy (non-hydrogen) atoms. The molecule has 0 aromatic heterocycles. The second kappa shape index (κ2) is 7.67. The Hall–Kier alpha value is -0.590. The minimum absolute atomic E-state index is 0.224. The van der Waals surface area contributed by atoms with Crippen LogP contribution in [0.15, 0.2) is 0 Å². The summed E-state index contributed by atoms with van der Waals surface area (Å²) in [4.78, 5) is 0. The van der Waals surface area contributed by atoms with Crippen molar-refractivity contribution in [3.63, 3.8) is 0 Å². The van der Waals surface area contributed by atoms with Crippen LogP contribution in [0, 0.1) is 16.7 Å². The summed E-state index contributed by atoms with van der Waals surface area (Å²) >= 11 is 0. The molecule has 0 aliphatic rings. The Labute approximate surface area is 93.4 Å². The third-order valence-electron chi connectivity index (χ3n) is 2.07. The van der Waals surface area contributed by atoms with Crippen LogP contribution in [0.3, 0.4) is 0 Å². The first-order valence-corrected chi connectivity index (χ1v) is 5.58. The number of nitriles is 1. The van der Waals surface area contributed by atoms with E-state index in [1.54, 1.807) is 0 Å². The minimum Gasteiger partial charge on any atom is -0.379 e. The standard InChI is InChI=1S/C12H23NO2/c1-11(2)15-9-8-14-7-5-6-12(3,4)10-13/h11H,5-9H2,1-4H3. The molecule has 0 aliphatic carbocycles. The lowest BCUT2D eigenvalue weighted by Crippen LogP contribution is -2.12. The monoisotopic (exact) mass is 213 g/mol. The van der Waals surface area contributed by atoms with E-state index in [1.165, 1.54) is 0 Å². The summed E-state index contributed by atoms with van der Waals surface area (Å²) in [5, 5.41) is 8.79. The molecule has 0 fully saturated rings. The fraction of sp³-hybridized carbons (Fsp3) is 0.917. The van der Waals surface area contributed by atoms with E-state index in [4.69, 9.17) is 14.7 Å². The van der Waals surface area contributed by atoms with Crippen LogP contribution in [0.5, 0.6) is 0 Å². The van der Waals surface area contributed by atoms with Crippen LogP contribution in [0.2, 0.25) is 0 Å². The van der Waals surface area contributed by atoms with Gasteiger partial charge in [0.15, 0.2) is 0 Å². The van der Waals surface area contributed by atoms with Crippen LogP contribution in [0.4, 0.5) is 0 Å². The minimum atomic E-state index is -0.224. The van der Waals surface area contributed by atoms with Crippen LogP contribution in [-0.4, -0.2) is 25.9 Å². The van der Waals surface area contributed by atoms with Gasteiger partial charge < -0.3 is 9.47 Å². The van der Waals surface area contributed by atoms with Crippen molar-refractivity contribution in [1.82, 2.24) is 0 Å². The molecule has 0 aromatic carbocycles. The molecule has 0 amide bonds. The summed E-state index contributed by atoms with van der Waals surface area (Å²) in [7, 11) is 0. The van der Waals surface area contributed by atoms with Crippen LogP contribution in [0.1, 0.15) is 40.5 Å². The molecule has 0 atom stereocenters. The zero-order chi connectivity index (χ0) is 11.7. The van der Waals surface area contributed by atoms with Crippen LogP contribution < -0.4 is 0 Å². The molecular weight excluding hydrogens is 190 g/mol. The second-order valence-corrected chi connectivity index (χ2v) is 4.63. The maximum absolute atomic E-state index is 8.79. The zero-order valence-electron chi connectivity index (χ0n) is 10.4. The molecule has 0 radical (unpaired) electrons. The van der Waals surface area contributed by atoms with Crippen LogP contribution >= 0.6 is 0 Å². The first kappa shape index (κ1) is 14.4. The number of hydrogen-bond acceptors (Lipinski definition) is 3. The highest BCUT2D eigenvalue weighted by Gasteiger charge is 2.15. The molecule has 3 nitrogen and oxygen atoms in total. The van der Waals surface area contributed by atoms with E-state index < -0.39 is 0 Å². The van der Waals surface area contributed by atoms with Gasteiger partial charge in [0, 0.05) is 6.61 Å². The Kier molecular flexibility index (Phi) is 7.37. The summed E-state index contributed by atoms with van der Waals surface area (Å²) in [6, 6.07) is 2.28. The van der Waals surface area contributed by atoms with Crippen molar-refractivity contribution in [1.29, 1.82) is 5.26 Å². The number of ether oxygens (including phenoxy) is 2. The molecule has 3 heteroatoms. The number of hydrogen-bond donors (Lipinski definition) is 0. The van der Waals surface area contributed by atoms with Gasteiger partial charge in [-0.15, -0.1) is 0 Å². The molecule has 0 unspecified atom stereocenters. The van der Waals surface area contributed by atoms with Crippen LogP contribution in [-0.2, 0) is 9.47 Å². The van der Waals surface area contributed by atoms with Crippen molar-refractivity contribution >= 4 is 0 Å². The van der Waals surface area contributed by atoms with Gasteiger partial charge in [0.2, 0.25) is 0 Å². The lowest BCUT2D eigenvalue weighted by molar-refractivity contribution is 0.0178. The van der Waals surface area contributed by atoms with Gasteiger partial charge in [0.1, 0.15) is 0 Å². The maximum Gasteiger partial charge on any atom is 0.0703 e. The highest BCUT2D eigenvalue weighted by Crippen LogP contribution is 2.20. The highest BCUT2D eigenvalue weighted by atomic mass is 16.5. The Morgan fingerprint density at radius 3 is 2.40 bits per heavy atom. The van der Waals surface area contributed by atoms with E-state index >= 15 is 0 Å². The Balaban J connectivity index is 3.23. The van der Waals surface area contributed by atoms with Gasteiger partial charge in [-0.1, -0.05) is 0 Å². The SMILES string of the molecule is CC(C)OCCOCCCC(C)(C)C#N. The lowest BCUT2D eigenvalue weighted by Gasteiger charge is -2.14. The average molecular weight is 213 g/mol. The van der Waals surface area contributed by atoms with Gasteiger partial charge in [0.25, 0.3) is 0 Å². The number of nitrogens with zero attached hydrogens (tertiary/aromatic N) is 1. The Bertz CT molecular complexity index is 194. The topological polar surface area (TPSA) is 42.2 Å². The molecule has 0 aromatic rings. The van der Waals surface area contributed by atoms with Crippen molar-refractivity contribution in [2.45, 2.75) is 46.6 Å².